The number of carbonyl (C=O) groups is 4. The predicted octanol–water partition coefficient (Wildman–Crippen LogP) is 0.337. The van der Waals surface area contributed by atoms with Gasteiger partial charge in [0.25, 0.3) is 0 Å². The molecule has 1 heterocycles. The fraction of sp³-hybridized carbons (Fsp3) is 0.733. The van der Waals surface area contributed by atoms with E-state index in [0.717, 1.165) is 6.92 Å². The van der Waals surface area contributed by atoms with Gasteiger partial charge in [-0.15, -0.1) is 0 Å². The van der Waals surface area contributed by atoms with Crippen LogP contribution in [0.15, 0.2) is 0 Å². The Morgan fingerprint density at radius 3 is 1.75 bits per heavy atom. The molecular weight excluding hydrogens is 324 g/mol. The van der Waals surface area contributed by atoms with Crippen molar-refractivity contribution in [2.45, 2.75) is 59.2 Å². The molecule has 1 saturated heterocycles. The molecule has 1 aliphatic rings. The van der Waals surface area contributed by atoms with E-state index >= 15 is 0 Å². The molecule has 5 atom stereocenters. The highest BCUT2D eigenvalue weighted by Crippen LogP contribution is 2.31. The first kappa shape index (κ1) is 19.9. The molecule has 9 heteroatoms. The van der Waals surface area contributed by atoms with Crippen molar-refractivity contribution < 1.29 is 42.9 Å². The summed E-state index contributed by atoms with van der Waals surface area (Å²) in [4.78, 5) is 45.0. The van der Waals surface area contributed by atoms with Crippen LogP contribution >= 0.6 is 0 Å². The minimum atomic E-state index is -1.28. The van der Waals surface area contributed by atoms with Gasteiger partial charge in [-0.1, -0.05) is 6.92 Å². The van der Waals surface area contributed by atoms with Crippen LogP contribution in [0.1, 0.15) is 34.6 Å². The first-order chi connectivity index (χ1) is 11.1. The highest BCUT2D eigenvalue weighted by atomic mass is 16.7. The van der Waals surface area contributed by atoms with E-state index in [1.54, 1.807) is 6.92 Å². The lowest BCUT2D eigenvalue weighted by molar-refractivity contribution is -0.286. The maximum Gasteiger partial charge on any atom is 0.305 e. The minimum Gasteiger partial charge on any atom is -0.463 e. The molecule has 0 radical (unpaired) electrons. The number of hydrogen-bond donors (Lipinski definition) is 0. The fourth-order valence-electron chi connectivity index (χ4n) is 2.37. The lowest BCUT2D eigenvalue weighted by Gasteiger charge is -2.43. The van der Waals surface area contributed by atoms with E-state index in [9.17, 15) is 19.2 Å². The Balaban J connectivity index is 3.07. The highest BCUT2D eigenvalue weighted by Gasteiger charge is 2.49. The van der Waals surface area contributed by atoms with Crippen molar-refractivity contribution in [3.05, 3.63) is 0 Å². The summed E-state index contributed by atoms with van der Waals surface area (Å²) in [5, 5.41) is 0. The van der Waals surface area contributed by atoms with Crippen LogP contribution in [0.25, 0.3) is 0 Å². The Morgan fingerprint density at radius 2 is 1.29 bits per heavy atom. The second-order valence-corrected chi connectivity index (χ2v) is 5.46. The van der Waals surface area contributed by atoms with E-state index in [4.69, 9.17) is 23.7 Å². The molecule has 0 amide bonds. The lowest BCUT2D eigenvalue weighted by Crippen LogP contribution is -2.58. The van der Waals surface area contributed by atoms with Gasteiger partial charge in [0.15, 0.2) is 0 Å². The van der Waals surface area contributed by atoms with Gasteiger partial charge in [0.05, 0.1) is 0 Å². The van der Waals surface area contributed by atoms with E-state index in [0.29, 0.717) is 0 Å². The number of esters is 4. The smallest absolute Gasteiger partial charge is 0.305 e. The van der Waals surface area contributed by atoms with Crippen molar-refractivity contribution in [1.82, 2.24) is 0 Å². The van der Waals surface area contributed by atoms with Crippen LogP contribution in [0, 0.1) is 5.92 Å². The van der Waals surface area contributed by atoms with Crippen molar-refractivity contribution in [3.63, 3.8) is 0 Å². The molecular formula is C15H22O9. The SMILES string of the molecule is CC(=O)OCC1O[C@@H](OC(C)=O)C(OC(C)=O)[C@@H](OC(C)=O)[C@@H]1C. The van der Waals surface area contributed by atoms with Crippen molar-refractivity contribution >= 4 is 23.9 Å². The molecule has 1 fully saturated rings. The Hall–Kier alpha value is -2.16. The minimum absolute atomic E-state index is 0.126. The fourth-order valence-corrected chi connectivity index (χ4v) is 2.37. The van der Waals surface area contributed by atoms with Gasteiger partial charge in [-0.3, -0.25) is 19.2 Å². The summed E-state index contributed by atoms with van der Waals surface area (Å²) < 4.78 is 25.9. The van der Waals surface area contributed by atoms with Crippen molar-refractivity contribution in [2.24, 2.45) is 5.92 Å². The van der Waals surface area contributed by atoms with Gasteiger partial charge in [0, 0.05) is 33.6 Å². The number of rotatable bonds is 5. The molecule has 0 aromatic rings. The largest absolute Gasteiger partial charge is 0.463 e. The average molecular weight is 346 g/mol. The number of ether oxygens (including phenoxy) is 5. The van der Waals surface area contributed by atoms with Crippen molar-refractivity contribution in [3.8, 4) is 0 Å². The van der Waals surface area contributed by atoms with Gasteiger partial charge in [-0.25, -0.2) is 0 Å². The zero-order valence-electron chi connectivity index (χ0n) is 14.3. The second kappa shape index (κ2) is 8.62. The Kier molecular flexibility index (Phi) is 7.15. The predicted molar refractivity (Wildman–Crippen MR) is 77.3 cm³/mol. The molecule has 0 aromatic carbocycles. The summed E-state index contributed by atoms with van der Waals surface area (Å²) in [6.45, 7) is 6.33. The van der Waals surface area contributed by atoms with Gasteiger partial charge in [0.2, 0.25) is 12.4 Å². The maximum absolute atomic E-state index is 11.4. The Labute approximate surface area is 139 Å². The molecule has 0 bridgehead atoms. The number of carbonyl (C=O) groups excluding carboxylic acids is 4. The van der Waals surface area contributed by atoms with Gasteiger partial charge in [-0.05, 0) is 0 Å². The van der Waals surface area contributed by atoms with Crippen LogP contribution in [-0.2, 0) is 42.9 Å². The van der Waals surface area contributed by atoms with Crippen LogP contribution < -0.4 is 0 Å². The highest BCUT2D eigenvalue weighted by molar-refractivity contribution is 5.68. The van der Waals surface area contributed by atoms with E-state index in [1.807, 2.05) is 0 Å². The molecule has 1 aliphatic heterocycles. The zero-order valence-corrected chi connectivity index (χ0v) is 14.3. The van der Waals surface area contributed by atoms with Crippen LogP contribution in [0.2, 0.25) is 0 Å². The topological polar surface area (TPSA) is 114 Å². The molecule has 136 valence electrons. The molecule has 24 heavy (non-hydrogen) atoms. The van der Waals surface area contributed by atoms with Crippen molar-refractivity contribution in [1.29, 1.82) is 0 Å². The third kappa shape index (κ3) is 5.80. The van der Waals surface area contributed by atoms with Crippen LogP contribution in [0.3, 0.4) is 0 Å². The average Bonchev–Trinajstić information content (AvgIpc) is 2.42. The summed E-state index contributed by atoms with van der Waals surface area (Å²) in [7, 11) is 0. The Morgan fingerprint density at radius 1 is 0.792 bits per heavy atom. The molecule has 0 aliphatic carbocycles. The van der Waals surface area contributed by atoms with Crippen molar-refractivity contribution in [2.75, 3.05) is 6.61 Å². The standard InChI is InChI=1S/C15H22O9/c1-7-12(6-20-8(2)16)24-15(23-11(5)19)14(22-10(4)18)13(7)21-9(3)17/h7,12-15H,6H2,1-5H3/t7-,12?,13+,14?,15-/m1/s1. The first-order valence-electron chi connectivity index (χ1n) is 7.42. The second-order valence-electron chi connectivity index (χ2n) is 5.46. The molecule has 0 N–H and O–H groups in total. The quantitative estimate of drug-likeness (QED) is 0.513. The number of hydrogen-bond acceptors (Lipinski definition) is 9. The lowest BCUT2D eigenvalue weighted by atomic mass is 9.90. The molecule has 2 unspecified atom stereocenters. The summed E-state index contributed by atoms with van der Waals surface area (Å²) >= 11 is 0. The first-order valence-corrected chi connectivity index (χ1v) is 7.42. The van der Waals surface area contributed by atoms with Crippen LogP contribution in [0.5, 0.6) is 0 Å². The Bertz CT molecular complexity index is 501. The van der Waals surface area contributed by atoms with Crippen LogP contribution in [0.4, 0.5) is 0 Å². The molecule has 1 rings (SSSR count). The van der Waals surface area contributed by atoms with Crippen LogP contribution in [-0.4, -0.2) is 55.1 Å². The summed E-state index contributed by atoms with van der Waals surface area (Å²) in [5.74, 6) is -2.91. The van der Waals surface area contributed by atoms with Gasteiger partial charge >= 0.3 is 23.9 Å². The molecule has 0 spiro atoms. The van der Waals surface area contributed by atoms with E-state index in [-0.39, 0.29) is 6.61 Å². The van der Waals surface area contributed by atoms with Gasteiger partial charge < -0.3 is 23.7 Å². The molecule has 0 saturated carbocycles. The molecule has 0 aromatic heterocycles. The van der Waals surface area contributed by atoms with Gasteiger partial charge in [0.1, 0.15) is 18.8 Å². The summed E-state index contributed by atoms with van der Waals surface area (Å²) in [6.07, 6.45) is -4.05. The third-order valence-corrected chi connectivity index (χ3v) is 3.34. The van der Waals surface area contributed by atoms with E-state index in [2.05, 4.69) is 0 Å². The van der Waals surface area contributed by atoms with E-state index < -0.39 is 54.4 Å². The third-order valence-electron chi connectivity index (χ3n) is 3.34. The summed E-state index contributed by atoms with van der Waals surface area (Å²) in [6, 6.07) is 0. The normalized spacial score (nSPS) is 29.3. The maximum atomic E-state index is 11.4. The zero-order chi connectivity index (χ0) is 18.4. The van der Waals surface area contributed by atoms with E-state index in [1.165, 1.54) is 20.8 Å². The van der Waals surface area contributed by atoms with Gasteiger partial charge in [-0.2, -0.15) is 0 Å². The monoisotopic (exact) mass is 346 g/mol. The summed E-state index contributed by atoms with van der Waals surface area (Å²) in [5.41, 5.74) is 0. The molecule has 9 nitrogen and oxygen atoms in total.